The molecule has 2 nitrogen and oxygen atoms in total. The molecule has 3 heteroatoms. The molecule has 122 valence electrons. The number of para-hydroxylation sites is 1. The number of thiophene rings is 1. The van der Waals surface area contributed by atoms with Crippen LogP contribution in [0.15, 0.2) is 84.9 Å². The second-order valence-corrected chi connectivity index (χ2v) is 7.59. The van der Waals surface area contributed by atoms with E-state index in [0.717, 1.165) is 16.7 Å². The zero-order valence-electron chi connectivity index (χ0n) is 13.9. The summed E-state index contributed by atoms with van der Waals surface area (Å²) in [6.07, 6.45) is 0. The first-order chi connectivity index (χ1) is 12.9. The van der Waals surface area contributed by atoms with Crippen molar-refractivity contribution in [2.45, 2.75) is 0 Å². The molecular weight excluding hydrogens is 336 g/mol. The van der Waals surface area contributed by atoms with Crippen LogP contribution in [0.1, 0.15) is 0 Å². The lowest BCUT2D eigenvalue weighted by atomic mass is 10.1. The van der Waals surface area contributed by atoms with E-state index in [0.29, 0.717) is 0 Å². The Labute approximate surface area is 153 Å². The predicted octanol–water partition coefficient (Wildman–Crippen LogP) is 6.52. The minimum atomic E-state index is 1.03. The smallest absolute Gasteiger partial charge is 0.0948 e. The van der Waals surface area contributed by atoms with E-state index in [1.807, 2.05) is 11.3 Å². The zero-order valence-corrected chi connectivity index (χ0v) is 14.7. The molecule has 0 bridgehead atoms. The van der Waals surface area contributed by atoms with Crippen molar-refractivity contribution in [2.24, 2.45) is 0 Å². The first-order valence-corrected chi connectivity index (χ1v) is 9.48. The van der Waals surface area contributed by atoms with Gasteiger partial charge in [-0.05, 0) is 24.3 Å². The fraction of sp³-hybridized carbons (Fsp3) is 0. The van der Waals surface area contributed by atoms with Gasteiger partial charge in [0.1, 0.15) is 0 Å². The molecule has 0 saturated carbocycles. The van der Waals surface area contributed by atoms with Crippen LogP contribution in [0.25, 0.3) is 47.8 Å². The largest absolute Gasteiger partial charge is 0.232 e. The lowest BCUT2D eigenvalue weighted by Gasteiger charge is -2.00. The number of nitrogens with zero attached hydrogens (tertiary/aromatic N) is 2. The minimum Gasteiger partial charge on any atom is -0.232 e. The van der Waals surface area contributed by atoms with Crippen LogP contribution in [0.4, 0.5) is 0 Å². The summed E-state index contributed by atoms with van der Waals surface area (Å²) in [6, 6.07) is 30.0. The molecule has 3 heterocycles. The van der Waals surface area contributed by atoms with E-state index in [9.17, 15) is 0 Å². The molecule has 26 heavy (non-hydrogen) atoms. The molecule has 0 N–H and O–H groups in total. The van der Waals surface area contributed by atoms with Crippen LogP contribution in [0.5, 0.6) is 0 Å². The number of pyridine rings is 1. The molecule has 0 aliphatic heterocycles. The van der Waals surface area contributed by atoms with Gasteiger partial charge in [0.05, 0.1) is 16.7 Å². The summed E-state index contributed by atoms with van der Waals surface area (Å²) in [5, 5.41) is 8.79. The van der Waals surface area contributed by atoms with Crippen molar-refractivity contribution < 1.29 is 0 Å². The van der Waals surface area contributed by atoms with Gasteiger partial charge in [0.25, 0.3) is 0 Å². The van der Waals surface area contributed by atoms with Crippen molar-refractivity contribution in [3.63, 3.8) is 0 Å². The minimum absolute atomic E-state index is 1.03. The third kappa shape index (κ3) is 1.89. The Morgan fingerprint density at radius 3 is 2.58 bits per heavy atom. The van der Waals surface area contributed by atoms with E-state index in [1.54, 1.807) is 0 Å². The number of fused-ring (bicyclic) bond motifs is 6. The van der Waals surface area contributed by atoms with Crippen molar-refractivity contribution in [2.75, 3.05) is 0 Å². The lowest BCUT2D eigenvalue weighted by molar-refractivity contribution is 1.01. The van der Waals surface area contributed by atoms with Crippen molar-refractivity contribution in [3.8, 4) is 11.3 Å². The maximum atomic E-state index is 4.95. The average molecular weight is 350 g/mol. The Balaban J connectivity index is 1.69. The van der Waals surface area contributed by atoms with Crippen molar-refractivity contribution in [1.82, 2.24) is 9.61 Å². The normalized spacial score (nSPS) is 11.8. The van der Waals surface area contributed by atoms with Crippen LogP contribution in [0, 0.1) is 0 Å². The third-order valence-electron chi connectivity index (χ3n) is 5.02. The van der Waals surface area contributed by atoms with Gasteiger partial charge in [-0.2, -0.15) is 5.10 Å². The van der Waals surface area contributed by atoms with Crippen molar-refractivity contribution in [3.05, 3.63) is 84.9 Å². The Bertz CT molecular complexity index is 1440. The van der Waals surface area contributed by atoms with E-state index >= 15 is 0 Å². The number of hydrogen-bond acceptors (Lipinski definition) is 2. The standard InChI is InChI=1S/C23H14N2S/c1-3-10-21-15(6-1)12-13-16-14-20(24-25(16)21)19-9-5-8-18-17-7-2-4-11-22(17)26-23(18)19/h1-14H. The van der Waals surface area contributed by atoms with E-state index in [1.165, 1.54) is 31.1 Å². The fourth-order valence-corrected chi connectivity index (χ4v) is 5.01. The summed E-state index contributed by atoms with van der Waals surface area (Å²) in [5.74, 6) is 0. The molecule has 0 aliphatic rings. The van der Waals surface area contributed by atoms with Crippen molar-refractivity contribution >= 4 is 47.9 Å². The maximum absolute atomic E-state index is 4.95. The van der Waals surface area contributed by atoms with E-state index in [4.69, 9.17) is 5.10 Å². The van der Waals surface area contributed by atoms with Gasteiger partial charge in [-0.3, -0.25) is 0 Å². The summed E-state index contributed by atoms with van der Waals surface area (Å²) in [5.41, 5.74) is 4.49. The van der Waals surface area contributed by atoms with Crippen LogP contribution < -0.4 is 0 Å². The molecule has 0 amide bonds. The third-order valence-corrected chi connectivity index (χ3v) is 6.24. The Kier molecular flexibility index (Phi) is 2.79. The first-order valence-electron chi connectivity index (χ1n) is 8.67. The van der Waals surface area contributed by atoms with Crippen LogP contribution in [0.2, 0.25) is 0 Å². The summed E-state index contributed by atoms with van der Waals surface area (Å²) < 4.78 is 4.68. The zero-order chi connectivity index (χ0) is 17.1. The monoisotopic (exact) mass is 350 g/mol. The van der Waals surface area contributed by atoms with Gasteiger partial charge in [-0.25, -0.2) is 4.52 Å². The molecular formula is C23H14N2S. The number of benzene rings is 3. The summed E-state index contributed by atoms with van der Waals surface area (Å²) in [7, 11) is 0. The molecule has 3 aromatic carbocycles. The molecule has 0 unspecified atom stereocenters. The molecule has 0 spiro atoms. The highest BCUT2D eigenvalue weighted by Crippen LogP contribution is 2.39. The summed E-state index contributed by atoms with van der Waals surface area (Å²) in [4.78, 5) is 0. The van der Waals surface area contributed by atoms with Crippen LogP contribution in [-0.4, -0.2) is 9.61 Å². The second kappa shape index (κ2) is 5.16. The quantitative estimate of drug-likeness (QED) is 0.330. The topological polar surface area (TPSA) is 17.3 Å². The van der Waals surface area contributed by atoms with Crippen molar-refractivity contribution in [1.29, 1.82) is 0 Å². The van der Waals surface area contributed by atoms with E-state index in [-0.39, 0.29) is 0 Å². The predicted molar refractivity (Wildman–Crippen MR) is 111 cm³/mol. The lowest BCUT2D eigenvalue weighted by Crippen LogP contribution is -1.89. The van der Waals surface area contributed by atoms with Gasteiger partial charge < -0.3 is 0 Å². The molecule has 6 aromatic rings. The van der Waals surface area contributed by atoms with Crippen LogP contribution in [0.3, 0.4) is 0 Å². The summed E-state index contributed by atoms with van der Waals surface area (Å²) in [6.45, 7) is 0. The highest BCUT2D eigenvalue weighted by atomic mass is 32.1. The van der Waals surface area contributed by atoms with Gasteiger partial charge in [0.15, 0.2) is 0 Å². The van der Waals surface area contributed by atoms with E-state index < -0.39 is 0 Å². The Morgan fingerprint density at radius 2 is 1.58 bits per heavy atom. The van der Waals surface area contributed by atoms with Gasteiger partial charge in [0, 0.05) is 31.1 Å². The Hall–Kier alpha value is -3.17. The molecule has 0 aliphatic carbocycles. The molecule has 0 saturated heterocycles. The second-order valence-electron chi connectivity index (χ2n) is 6.54. The molecule has 0 fully saturated rings. The fourth-order valence-electron chi connectivity index (χ4n) is 3.78. The Morgan fingerprint density at radius 1 is 0.731 bits per heavy atom. The SMILES string of the molecule is c1ccc2c(c1)ccc1cc(-c3cccc4c3sc3ccccc34)nn12. The first kappa shape index (κ1) is 14.0. The summed E-state index contributed by atoms with van der Waals surface area (Å²) >= 11 is 1.85. The van der Waals surface area contributed by atoms with Gasteiger partial charge in [-0.15, -0.1) is 11.3 Å². The molecule has 6 rings (SSSR count). The van der Waals surface area contributed by atoms with Gasteiger partial charge in [0.2, 0.25) is 0 Å². The maximum Gasteiger partial charge on any atom is 0.0948 e. The van der Waals surface area contributed by atoms with Gasteiger partial charge >= 0.3 is 0 Å². The van der Waals surface area contributed by atoms with Crippen LogP contribution in [-0.2, 0) is 0 Å². The number of hydrogen-bond donors (Lipinski definition) is 0. The molecule has 0 radical (unpaired) electrons. The molecule has 0 atom stereocenters. The van der Waals surface area contributed by atoms with Gasteiger partial charge in [-0.1, -0.05) is 60.7 Å². The molecule has 3 aromatic heterocycles. The highest BCUT2D eigenvalue weighted by molar-refractivity contribution is 7.26. The highest BCUT2D eigenvalue weighted by Gasteiger charge is 2.13. The average Bonchev–Trinajstić information content (AvgIpc) is 3.29. The van der Waals surface area contributed by atoms with Crippen LogP contribution >= 0.6 is 11.3 Å². The number of rotatable bonds is 1. The van der Waals surface area contributed by atoms with E-state index in [2.05, 4.69) is 89.4 Å². The number of aromatic nitrogens is 2.